The van der Waals surface area contributed by atoms with Gasteiger partial charge >= 0.3 is 0 Å². The topological polar surface area (TPSA) is 55.6 Å². The van der Waals surface area contributed by atoms with Gasteiger partial charge in [0, 0.05) is 5.39 Å². The summed E-state index contributed by atoms with van der Waals surface area (Å²) in [6.07, 6.45) is 3.34. The van der Waals surface area contributed by atoms with Gasteiger partial charge in [-0.1, -0.05) is 42.2 Å². The summed E-state index contributed by atoms with van der Waals surface area (Å²) in [4.78, 5) is 19.4. The first-order chi connectivity index (χ1) is 12.7. The average Bonchev–Trinajstić information content (AvgIpc) is 3.25. The molecule has 7 heteroatoms. The molecule has 1 aliphatic rings. The monoisotopic (exact) mass is 382 g/mol. The van der Waals surface area contributed by atoms with Gasteiger partial charge in [0.15, 0.2) is 0 Å². The molecule has 0 radical (unpaired) electrons. The number of para-hydroxylation sites is 1. The normalized spacial score (nSPS) is 16.0. The van der Waals surface area contributed by atoms with Gasteiger partial charge in [0.2, 0.25) is 0 Å². The average molecular weight is 382 g/mol. The van der Waals surface area contributed by atoms with Crippen molar-refractivity contribution in [2.75, 3.05) is 7.11 Å². The summed E-state index contributed by atoms with van der Waals surface area (Å²) in [5.41, 5.74) is 1.44. The molecule has 1 fully saturated rings. The Morgan fingerprint density at radius 2 is 2.15 bits per heavy atom. The van der Waals surface area contributed by atoms with Crippen molar-refractivity contribution in [2.45, 2.75) is 6.54 Å². The number of carbonyl (C=O) groups excluding carboxylic acids is 1. The largest absolute Gasteiger partial charge is 0.494 e. The van der Waals surface area contributed by atoms with Crippen molar-refractivity contribution in [3.8, 4) is 5.75 Å². The van der Waals surface area contributed by atoms with Crippen molar-refractivity contribution >= 4 is 51.2 Å². The van der Waals surface area contributed by atoms with Gasteiger partial charge < -0.3 is 9.15 Å². The summed E-state index contributed by atoms with van der Waals surface area (Å²) in [5.74, 6) is 1.25. The Morgan fingerprint density at radius 3 is 2.92 bits per heavy atom. The number of methoxy groups -OCH3 is 1. The summed E-state index contributed by atoms with van der Waals surface area (Å²) < 4.78 is 11.2. The number of benzene rings is 1. The van der Waals surface area contributed by atoms with Crippen molar-refractivity contribution in [3.05, 3.63) is 65.1 Å². The van der Waals surface area contributed by atoms with Crippen LogP contribution < -0.4 is 4.74 Å². The fourth-order valence-corrected chi connectivity index (χ4v) is 3.95. The fourth-order valence-electron chi connectivity index (χ4n) is 2.71. The van der Waals surface area contributed by atoms with Crippen LogP contribution in [0.3, 0.4) is 0 Å². The highest BCUT2D eigenvalue weighted by Gasteiger charge is 2.32. The van der Waals surface area contributed by atoms with Gasteiger partial charge in [-0.2, -0.15) is 0 Å². The third-order valence-electron chi connectivity index (χ3n) is 3.97. The van der Waals surface area contributed by atoms with Crippen LogP contribution in [0.25, 0.3) is 17.0 Å². The maximum absolute atomic E-state index is 12.7. The van der Waals surface area contributed by atoms with Gasteiger partial charge in [-0.25, -0.2) is 4.98 Å². The summed E-state index contributed by atoms with van der Waals surface area (Å²) in [5, 5.41) is 0.979. The van der Waals surface area contributed by atoms with Crippen LogP contribution in [0, 0.1) is 0 Å². The Hall–Kier alpha value is -2.64. The molecule has 1 aromatic carbocycles. The molecule has 3 aromatic rings. The van der Waals surface area contributed by atoms with E-state index in [1.54, 1.807) is 25.5 Å². The van der Waals surface area contributed by atoms with Gasteiger partial charge in [0.05, 0.1) is 30.5 Å². The van der Waals surface area contributed by atoms with E-state index in [1.165, 1.54) is 16.7 Å². The number of thiocarbonyl (C=S) groups is 1. The van der Waals surface area contributed by atoms with Crippen LogP contribution in [0.5, 0.6) is 5.75 Å². The molecule has 2 aromatic heterocycles. The zero-order chi connectivity index (χ0) is 18.1. The maximum Gasteiger partial charge on any atom is 0.266 e. The number of hydrogen-bond donors (Lipinski definition) is 0. The second kappa shape index (κ2) is 6.93. The molecule has 26 heavy (non-hydrogen) atoms. The molecule has 0 unspecified atom stereocenters. The van der Waals surface area contributed by atoms with Gasteiger partial charge in [0.1, 0.15) is 21.3 Å². The van der Waals surface area contributed by atoms with Crippen LogP contribution in [0.15, 0.2) is 58.1 Å². The van der Waals surface area contributed by atoms with Crippen LogP contribution in [-0.2, 0) is 11.3 Å². The molecule has 0 atom stereocenters. The lowest BCUT2D eigenvalue weighted by Crippen LogP contribution is -2.27. The van der Waals surface area contributed by atoms with E-state index >= 15 is 0 Å². The molecule has 0 bridgehead atoms. The predicted octanol–water partition coefficient (Wildman–Crippen LogP) is 4.24. The molecule has 0 aliphatic carbocycles. The number of pyridine rings is 1. The van der Waals surface area contributed by atoms with Crippen molar-refractivity contribution in [1.82, 2.24) is 9.88 Å². The van der Waals surface area contributed by atoms with Crippen molar-refractivity contribution in [1.29, 1.82) is 0 Å². The summed E-state index contributed by atoms with van der Waals surface area (Å²) in [6, 6.07) is 13.2. The van der Waals surface area contributed by atoms with E-state index in [0.29, 0.717) is 33.0 Å². The minimum Gasteiger partial charge on any atom is -0.494 e. The second-order valence-electron chi connectivity index (χ2n) is 5.62. The minimum absolute atomic E-state index is 0.140. The second-order valence-corrected chi connectivity index (χ2v) is 7.29. The SMILES string of the molecule is COc1cccc2ccc(C=C3SC(=S)N(Cc4ccco4)C3=O)nc12. The number of furan rings is 1. The smallest absolute Gasteiger partial charge is 0.266 e. The van der Waals surface area contributed by atoms with Gasteiger partial charge in [0.25, 0.3) is 5.91 Å². The zero-order valence-corrected chi connectivity index (χ0v) is 15.5. The Kier molecular flexibility index (Phi) is 4.48. The summed E-state index contributed by atoms with van der Waals surface area (Å²) in [7, 11) is 1.61. The van der Waals surface area contributed by atoms with Crippen molar-refractivity contribution in [2.24, 2.45) is 0 Å². The zero-order valence-electron chi connectivity index (χ0n) is 13.8. The summed E-state index contributed by atoms with van der Waals surface area (Å²) in [6.45, 7) is 0.327. The van der Waals surface area contributed by atoms with Crippen LogP contribution >= 0.6 is 24.0 Å². The Morgan fingerprint density at radius 1 is 1.27 bits per heavy atom. The van der Waals surface area contributed by atoms with E-state index in [9.17, 15) is 4.79 Å². The first kappa shape index (κ1) is 16.8. The number of nitrogens with zero attached hydrogens (tertiary/aromatic N) is 2. The van der Waals surface area contributed by atoms with Gasteiger partial charge in [-0.15, -0.1) is 0 Å². The molecule has 1 aliphatic heterocycles. The fraction of sp³-hybridized carbons (Fsp3) is 0.105. The van der Waals surface area contributed by atoms with E-state index in [1.807, 2.05) is 36.4 Å². The Labute approximate surface area is 159 Å². The molecule has 130 valence electrons. The number of ether oxygens (including phenoxy) is 1. The molecule has 0 spiro atoms. The molecule has 1 saturated heterocycles. The molecule has 1 amide bonds. The minimum atomic E-state index is -0.140. The number of amides is 1. The third-order valence-corrected chi connectivity index (χ3v) is 5.35. The van der Waals surface area contributed by atoms with E-state index < -0.39 is 0 Å². The standard InChI is InChI=1S/C19H14N2O3S2/c1-23-15-6-2-4-12-7-8-13(20-17(12)15)10-16-18(22)21(19(25)26-16)11-14-5-3-9-24-14/h2-10H,11H2,1H3. The lowest BCUT2D eigenvalue weighted by atomic mass is 10.2. The predicted molar refractivity (Wildman–Crippen MR) is 106 cm³/mol. The number of rotatable bonds is 4. The van der Waals surface area contributed by atoms with E-state index in [2.05, 4.69) is 4.98 Å². The van der Waals surface area contributed by atoms with Gasteiger partial charge in [-0.3, -0.25) is 9.69 Å². The van der Waals surface area contributed by atoms with Crippen LogP contribution in [0.1, 0.15) is 11.5 Å². The molecule has 4 rings (SSSR count). The van der Waals surface area contributed by atoms with Crippen molar-refractivity contribution in [3.63, 3.8) is 0 Å². The quantitative estimate of drug-likeness (QED) is 0.497. The molecular formula is C19H14N2O3S2. The lowest BCUT2D eigenvalue weighted by molar-refractivity contribution is -0.122. The third kappa shape index (κ3) is 3.11. The van der Waals surface area contributed by atoms with Crippen molar-refractivity contribution < 1.29 is 13.9 Å². The van der Waals surface area contributed by atoms with Crippen LogP contribution in [-0.4, -0.2) is 27.2 Å². The highest BCUT2D eigenvalue weighted by atomic mass is 32.2. The number of fused-ring (bicyclic) bond motifs is 1. The summed E-state index contributed by atoms with van der Waals surface area (Å²) >= 11 is 6.62. The highest BCUT2D eigenvalue weighted by Crippen LogP contribution is 2.34. The first-order valence-corrected chi connectivity index (χ1v) is 9.10. The molecule has 0 N–H and O–H groups in total. The first-order valence-electron chi connectivity index (χ1n) is 7.87. The lowest BCUT2D eigenvalue weighted by Gasteiger charge is -2.11. The molecule has 3 heterocycles. The number of carbonyl (C=O) groups is 1. The number of aromatic nitrogens is 1. The number of thioether (sulfide) groups is 1. The highest BCUT2D eigenvalue weighted by molar-refractivity contribution is 8.26. The van der Waals surface area contributed by atoms with E-state index in [-0.39, 0.29) is 5.91 Å². The maximum atomic E-state index is 12.7. The Bertz CT molecular complexity index is 1030. The van der Waals surface area contributed by atoms with Crippen LogP contribution in [0.2, 0.25) is 0 Å². The molecule has 5 nitrogen and oxygen atoms in total. The Balaban J connectivity index is 1.65. The van der Waals surface area contributed by atoms with E-state index in [0.717, 1.165) is 10.9 Å². The molecular weight excluding hydrogens is 368 g/mol. The van der Waals surface area contributed by atoms with Gasteiger partial charge in [-0.05, 0) is 30.3 Å². The van der Waals surface area contributed by atoms with E-state index in [4.69, 9.17) is 21.4 Å². The van der Waals surface area contributed by atoms with Crippen LogP contribution in [0.4, 0.5) is 0 Å². The molecule has 0 saturated carbocycles. The number of hydrogen-bond acceptors (Lipinski definition) is 6.